The number of aryl methyl sites for hydroxylation is 2. The van der Waals surface area contributed by atoms with Crippen LogP contribution in [0.4, 0.5) is 0 Å². The fraction of sp³-hybridized carbons (Fsp3) is 0.500. The number of carbonyl (C=O) groups excluding carboxylic acids is 1. The van der Waals surface area contributed by atoms with Crippen molar-refractivity contribution in [3.63, 3.8) is 0 Å². The van der Waals surface area contributed by atoms with Gasteiger partial charge in [-0.15, -0.1) is 11.3 Å². The minimum Gasteiger partial charge on any atom is -0.350 e. The highest BCUT2D eigenvalue weighted by molar-refractivity contribution is 7.12. The number of amides is 1. The fourth-order valence-electron chi connectivity index (χ4n) is 2.59. The lowest BCUT2D eigenvalue weighted by molar-refractivity contribution is -0.200. The van der Waals surface area contributed by atoms with Gasteiger partial charge < -0.3 is 4.74 Å². The third-order valence-corrected chi connectivity index (χ3v) is 4.66. The molecule has 0 aliphatic carbocycles. The van der Waals surface area contributed by atoms with E-state index in [0.29, 0.717) is 6.61 Å². The van der Waals surface area contributed by atoms with E-state index in [1.54, 1.807) is 0 Å². The molecule has 23 heavy (non-hydrogen) atoms. The maximum Gasteiger partial charge on any atom is 0.249 e. The van der Waals surface area contributed by atoms with Crippen LogP contribution in [0, 0.1) is 13.8 Å². The van der Waals surface area contributed by atoms with Crippen LogP contribution in [0.5, 0.6) is 0 Å². The predicted octanol–water partition coefficient (Wildman–Crippen LogP) is 2.67. The van der Waals surface area contributed by atoms with Crippen LogP contribution in [0.2, 0.25) is 0 Å². The zero-order valence-electron chi connectivity index (χ0n) is 13.4. The van der Waals surface area contributed by atoms with Gasteiger partial charge in [-0.3, -0.25) is 9.36 Å². The van der Waals surface area contributed by atoms with Gasteiger partial charge in [-0.05, 0) is 38.8 Å². The van der Waals surface area contributed by atoms with Gasteiger partial charge in [-0.25, -0.2) is 15.3 Å². The standard InChI is InChI=1S/C16H21N3O3S/c1-11-6-7-12(2)19(11)16-17-13(10-23-16)9-14(20)18-22-15-5-3-4-8-21-15/h6-7,10,15H,3-5,8-9H2,1-2H3,(H,18,20)/t15-/m1/s1. The van der Waals surface area contributed by atoms with Gasteiger partial charge in [-0.2, -0.15) is 0 Å². The van der Waals surface area contributed by atoms with Crippen LogP contribution < -0.4 is 5.48 Å². The average molecular weight is 335 g/mol. The number of carbonyl (C=O) groups is 1. The van der Waals surface area contributed by atoms with E-state index in [-0.39, 0.29) is 18.6 Å². The van der Waals surface area contributed by atoms with E-state index in [1.807, 2.05) is 19.2 Å². The van der Waals surface area contributed by atoms with Crippen LogP contribution in [0.1, 0.15) is 36.3 Å². The summed E-state index contributed by atoms with van der Waals surface area (Å²) in [6.45, 7) is 4.77. The van der Waals surface area contributed by atoms with Gasteiger partial charge in [0.2, 0.25) is 5.91 Å². The Labute approximate surface area is 139 Å². The average Bonchev–Trinajstić information content (AvgIpc) is 3.13. The summed E-state index contributed by atoms with van der Waals surface area (Å²) in [7, 11) is 0. The van der Waals surface area contributed by atoms with Gasteiger partial charge in [0.1, 0.15) is 0 Å². The van der Waals surface area contributed by atoms with E-state index in [0.717, 1.165) is 41.5 Å². The van der Waals surface area contributed by atoms with E-state index in [1.165, 1.54) is 11.3 Å². The second kappa shape index (κ2) is 7.25. The van der Waals surface area contributed by atoms with Crippen molar-refractivity contribution in [2.24, 2.45) is 0 Å². The maximum atomic E-state index is 12.0. The fourth-order valence-corrected chi connectivity index (χ4v) is 3.53. The van der Waals surface area contributed by atoms with Gasteiger partial charge in [0.25, 0.3) is 0 Å². The van der Waals surface area contributed by atoms with E-state index in [4.69, 9.17) is 9.57 Å². The van der Waals surface area contributed by atoms with Crippen LogP contribution in [-0.4, -0.2) is 28.4 Å². The van der Waals surface area contributed by atoms with Crippen LogP contribution in [0.25, 0.3) is 5.13 Å². The molecule has 0 radical (unpaired) electrons. The number of hydrogen-bond acceptors (Lipinski definition) is 5. The molecule has 1 aliphatic heterocycles. The number of hydrogen-bond donors (Lipinski definition) is 1. The van der Waals surface area contributed by atoms with Crippen LogP contribution in [0.15, 0.2) is 17.5 Å². The third kappa shape index (κ3) is 3.99. The molecule has 1 N–H and O–H groups in total. The van der Waals surface area contributed by atoms with E-state index < -0.39 is 0 Å². The smallest absolute Gasteiger partial charge is 0.249 e. The SMILES string of the molecule is Cc1ccc(C)n1-c1nc(CC(=O)NO[C@@H]2CCCCO2)cs1. The number of ether oxygens (including phenoxy) is 1. The Morgan fingerprint density at radius 1 is 1.43 bits per heavy atom. The molecule has 0 bridgehead atoms. The van der Waals surface area contributed by atoms with Crippen LogP contribution in [-0.2, 0) is 20.8 Å². The summed E-state index contributed by atoms with van der Waals surface area (Å²) >= 11 is 1.53. The molecule has 3 heterocycles. The Hall–Kier alpha value is -1.70. The molecular weight excluding hydrogens is 314 g/mol. The topological polar surface area (TPSA) is 65.4 Å². The first kappa shape index (κ1) is 16.2. The number of nitrogens with zero attached hydrogens (tertiary/aromatic N) is 2. The normalized spacial score (nSPS) is 18.1. The third-order valence-electron chi connectivity index (χ3n) is 3.79. The van der Waals surface area contributed by atoms with E-state index >= 15 is 0 Å². The molecule has 0 aromatic carbocycles. The van der Waals surface area contributed by atoms with Gasteiger partial charge >= 0.3 is 0 Å². The number of hydroxylamine groups is 1. The Morgan fingerprint density at radius 2 is 2.22 bits per heavy atom. The lowest BCUT2D eigenvalue weighted by Crippen LogP contribution is -2.33. The van der Waals surface area contributed by atoms with Crippen molar-refractivity contribution in [1.82, 2.24) is 15.0 Å². The highest BCUT2D eigenvalue weighted by atomic mass is 32.1. The highest BCUT2D eigenvalue weighted by Gasteiger charge is 2.16. The van der Waals surface area contributed by atoms with Crippen molar-refractivity contribution >= 4 is 17.2 Å². The Balaban J connectivity index is 1.55. The van der Waals surface area contributed by atoms with Crippen molar-refractivity contribution in [2.45, 2.75) is 45.8 Å². The molecule has 7 heteroatoms. The monoisotopic (exact) mass is 335 g/mol. The second-order valence-corrected chi connectivity index (χ2v) is 6.53. The Morgan fingerprint density at radius 3 is 2.91 bits per heavy atom. The van der Waals surface area contributed by atoms with E-state index in [9.17, 15) is 4.79 Å². The Kier molecular flexibility index (Phi) is 5.09. The van der Waals surface area contributed by atoms with Crippen molar-refractivity contribution < 1.29 is 14.4 Å². The summed E-state index contributed by atoms with van der Waals surface area (Å²) in [6, 6.07) is 4.11. The summed E-state index contributed by atoms with van der Waals surface area (Å²) in [4.78, 5) is 21.8. The minimum atomic E-state index is -0.330. The highest BCUT2D eigenvalue weighted by Crippen LogP contribution is 2.20. The zero-order chi connectivity index (χ0) is 16.2. The Bertz CT molecular complexity index is 654. The van der Waals surface area contributed by atoms with Crippen LogP contribution in [0.3, 0.4) is 0 Å². The molecule has 2 aromatic rings. The number of nitrogens with one attached hydrogen (secondary N) is 1. The van der Waals surface area contributed by atoms with Crippen molar-refractivity contribution in [2.75, 3.05) is 6.61 Å². The lowest BCUT2D eigenvalue weighted by atomic mass is 10.2. The second-order valence-electron chi connectivity index (χ2n) is 5.69. The lowest BCUT2D eigenvalue weighted by Gasteiger charge is -2.21. The first-order valence-corrected chi connectivity index (χ1v) is 8.67. The van der Waals surface area contributed by atoms with Gasteiger partial charge in [0.05, 0.1) is 12.1 Å². The quantitative estimate of drug-likeness (QED) is 0.853. The van der Waals surface area contributed by atoms with E-state index in [2.05, 4.69) is 27.2 Å². The first-order chi connectivity index (χ1) is 11.1. The number of aromatic nitrogens is 2. The molecule has 0 spiro atoms. The van der Waals surface area contributed by atoms with Crippen molar-refractivity contribution in [3.05, 3.63) is 34.6 Å². The molecule has 1 amide bonds. The number of rotatable bonds is 5. The van der Waals surface area contributed by atoms with Crippen molar-refractivity contribution in [1.29, 1.82) is 0 Å². The number of thiazole rings is 1. The predicted molar refractivity (Wildman–Crippen MR) is 87.4 cm³/mol. The molecule has 3 rings (SSSR count). The molecule has 1 aliphatic rings. The molecular formula is C16H21N3O3S. The van der Waals surface area contributed by atoms with Gasteiger partial charge in [-0.1, -0.05) is 0 Å². The molecule has 6 nitrogen and oxygen atoms in total. The summed E-state index contributed by atoms with van der Waals surface area (Å²) in [6.07, 6.45) is 2.79. The zero-order valence-corrected chi connectivity index (χ0v) is 14.2. The molecule has 1 saturated heterocycles. The molecule has 0 unspecified atom stereocenters. The maximum absolute atomic E-state index is 12.0. The van der Waals surface area contributed by atoms with Gasteiger partial charge in [0.15, 0.2) is 11.4 Å². The molecule has 2 aromatic heterocycles. The molecule has 124 valence electrons. The largest absolute Gasteiger partial charge is 0.350 e. The summed E-state index contributed by atoms with van der Waals surface area (Å²) in [5.74, 6) is -0.211. The summed E-state index contributed by atoms with van der Waals surface area (Å²) < 4.78 is 7.49. The molecule has 1 fully saturated rings. The van der Waals surface area contributed by atoms with Gasteiger partial charge in [0, 0.05) is 29.8 Å². The summed E-state index contributed by atoms with van der Waals surface area (Å²) in [5.41, 5.74) is 5.46. The minimum absolute atomic E-state index is 0.197. The van der Waals surface area contributed by atoms with Crippen molar-refractivity contribution in [3.8, 4) is 5.13 Å². The molecule has 1 atom stereocenters. The summed E-state index contributed by atoms with van der Waals surface area (Å²) in [5, 5.41) is 2.79. The first-order valence-electron chi connectivity index (χ1n) is 7.79. The molecule has 0 saturated carbocycles. The van der Waals surface area contributed by atoms with Crippen LogP contribution >= 0.6 is 11.3 Å².